The van der Waals surface area contributed by atoms with Crippen molar-refractivity contribution in [3.05, 3.63) is 0 Å². The number of hydrogen-bond donors (Lipinski definition) is 2. The van der Waals surface area contributed by atoms with Gasteiger partial charge in [-0.15, -0.1) is 0 Å². The van der Waals surface area contributed by atoms with Crippen LogP contribution in [0.2, 0.25) is 0 Å². The van der Waals surface area contributed by atoms with Gasteiger partial charge in [-0.25, -0.2) is 0 Å². The quantitative estimate of drug-likeness (QED) is 0.591. The lowest BCUT2D eigenvalue weighted by Gasteiger charge is -2.19. The molecule has 108 valence electrons. The third kappa shape index (κ3) is 9.42. The van der Waals surface area contributed by atoms with E-state index in [4.69, 9.17) is 5.73 Å². The molecule has 1 amide bonds. The summed E-state index contributed by atoms with van der Waals surface area (Å²) in [5, 5.41) is 2.99. The maximum absolute atomic E-state index is 11.6. The van der Waals surface area contributed by atoms with Gasteiger partial charge in [0.1, 0.15) is 0 Å². The van der Waals surface area contributed by atoms with E-state index in [1.54, 1.807) is 0 Å². The lowest BCUT2D eigenvalue weighted by Crippen LogP contribution is -2.35. The fourth-order valence-electron chi connectivity index (χ4n) is 1.99. The highest BCUT2D eigenvalue weighted by Gasteiger charge is 2.06. The fraction of sp³-hybridized carbons (Fsp3) is 0.929. The summed E-state index contributed by atoms with van der Waals surface area (Å²) >= 11 is 0. The molecule has 0 aliphatic carbocycles. The summed E-state index contributed by atoms with van der Waals surface area (Å²) in [7, 11) is 0. The van der Waals surface area contributed by atoms with Gasteiger partial charge in [-0.1, -0.05) is 20.8 Å². The zero-order valence-corrected chi connectivity index (χ0v) is 12.4. The number of nitrogens with one attached hydrogen (secondary N) is 1. The lowest BCUT2D eigenvalue weighted by molar-refractivity contribution is -0.121. The summed E-state index contributed by atoms with van der Waals surface area (Å²) in [5.74, 6) is 0.722. The number of nitrogens with two attached hydrogens (primary N) is 1. The van der Waals surface area contributed by atoms with E-state index >= 15 is 0 Å². The third-order valence-electron chi connectivity index (χ3n) is 3.26. The SMILES string of the molecule is CCCN(CC)CCNC(=O)CCC(C)CCN. The maximum Gasteiger partial charge on any atom is 0.220 e. The number of likely N-dealkylation sites (N-methyl/N-ethyl adjacent to an activating group) is 1. The van der Waals surface area contributed by atoms with E-state index < -0.39 is 0 Å². The van der Waals surface area contributed by atoms with Crippen LogP contribution in [0, 0.1) is 5.92 Å². The molecule has 0 radical (unpaired) electrons. The van der Waals surface area contributed by atoms with Gasteiger partial charge in [-0.05, 0) is 44.8 Å². The van der Waals surface area contributed by atoms with E-state index in [1.165, 1.54) is 6.42 Å². The van der Waals surface area contributed by atoms with Gasteiger partial charge in [0.2, 0.25) is 5.91 Å². The maximum atomic E-state index is 11.6. The zero-order chi connectivity index (χ0) is 13.8. The van der Waals surface area contributed by atoms with Gasteiger partial charge < -0.3 is 16.0 Å². The molecular formula is C14H31N3O. The molecule has 3 N–H and O–H groups in total. The van der Waals surface area contributed by atoms with Crippen LogP contribution in [0.5, 0.6) is 0 Å². The highest BCUT2D eigenvalue weighted by molar-refractivity contribution is 5.75. The molecule has 0 aromatic carbocycles. The average Bonchev–Trinajstić information content (AvgIpc) is 2.35. The Hall–Kier alpha value is -0.610. The zero-order valence-electron chi connectivity index (χ0n) is 12.4. The van der Waals surface area contributed by atoms with Crippen molar-refractivity contribution in [3.8, 4) is 0 Å². The summed E-state index contributed by atoms with van der Waals surface area (Å²) in [6, 6.07) is 0. The first-order valence-corrected chi connectivity index (χ1v) is 7.33. The molecule has 0 aromatic heterocycles. The van der Waals surface area contributed by atoms with Crippen LogP contribution in [0.1, 0.15) is 46.5 Å². The monoisotopic (exact) mass is 257 g/mol. The van der Waals surface area contributed by atoms with E-state index in [-0.39, 0.29) is 5.91 Å². The van der Waals surface area contributed by atoms with E-state index in [2.05, 4.69) is 31.0 Å². The van der Waals surface area contributed by atoms with Crippen LogP contribution in [-0.2, 0) is 4.79 Å². The summed E-state index contributed by atoms with van der Waals surface area (Å²) in [6.07, 6.45) is 3.74. The molecule has 0 fully saturated rings. The molecular weight excluding hydrogens is 226 g/mol. The van der Waals surface area contributed by atoms with Crippen molar-refractivity contribution in [2.24, 2.45) is 11.7 Å². The van der Waals surface area contributed by atoms with Crippen molar-refractivity contribution in [1.29, 1.82) is 0 Å². The Kier molecular flexibility index (Phi) is 11.1. The van der Waals surface area contributed by atoms with Crippen LogP contribution >= 0.6 is 0 Å². The summed E-state index contributed by atoms with van der Waals surface area (Å²) in [6.45, 7) is 11.1. The number of rotatable bonds is 11. The Labute approximate surface area is 112 Å². The van der Waals surface area contributed by atoms with E-state index in [1.807, 2.05) is 0 Å². The highest BCUT2D eigenvalue weighted by atomic mass is 16.1. The minimum Gasteiger partial charge on any atom is -0.355 e. The normalized spacial score (nSPS) is 12.7. The molecule has 0 rings (SSSR count). The highest BCUT2D eigenvalue weighted by Crippen LogP contribution is 2.08. The Balaban J connectivity index is 3.57. The Morgan fingerprint density at radius 3 is 2.56 bits per heavy atom. The van der Waals surface area contributed by atoms with Gasteiger partial charge in [-0.2, -0.15) is 0 Å². The fourth-order valence-corrected chi connectivity index (χ4v) is 1.99. The van der Waals surface area contributed by atoms with Crippen LogP contribution in [0.15, 0.2) is 0 Å². The molecule has 0 saturated heterocycles. The minimum absolute atomic E-state index is 0.173. The topological polar surface area (TPSA) is 58.4 Å². The molecule has 0 heterocycles. The van der Waals surface area contributed by atoms with Crippen molar-refractivity contribution >= 4 is 5.91 Å². The number of carbonyl (C=O) groups is 1. The largest absolute Gasteiger partial charge is 0.355 e. The second kappa shape index (κ2) is 11.5. The molecule has 0 aliphatic heterocycles. The van der Waals surface area contributed by atoms with Crippen LogP contribution in [0.4, 0.5) is 0 Å². The van der Waals surface area contributed by atoms with Crippen LogP contribution < -0.4 is 11.1 Å². The van der Waals surface area contributed by atoms with Crippen molar-refractivity contribution in [2.45, 2.75) is 46.5 Å². The Morgan fingerprint density at radius 1 is 1.28 bits per heavy atom. The van der Waals surface area contributed by atoms with Crippen molar-refractivity contribution < 1.29 is 4.79 Å². The van der Waals surface area contributed by atoms with Gasteiger partial charge >= 0.3 is 0 Å². The molecule has 0 bridgehead atoms. The molecule has 4 nitrogen and oxygen atoms in total. The summed E-state index contributed by atoms with van der Waals surface area (Å²) in [5.41, 5.74) is 5.49. The molecule has 4 heteroatoms. The first kappa shape index (κ1) is 17.4. The third-order valence-corrected chi connectivity index (χ3v) is 3.26. The predicted octanol–water partition coefficient (Wildman–Crippen LogP) is 1.60. The minimum atomic E-state index is 0.173. The molecule has 18 heavy (non-hydrogen) atoms. The molecule has 1 atom stereocenters. The summed E-state index contributed by atoms with van der Waals surface area (Å²) < 4.78 is 0. The number of amides is 1. The smallest absolute Gasteiger partial charge is 0.220 e. The molecule has 1 unspecified atom stereocenters. The second-order valence-corrected chi connectivity index (χ2v) is 5.01. The van der Waals surface area contributed by atoms with Gasteiger partial charge in [-0.3, -0.25) is 4.79 Å². The van der Waals surface area contributed by atoms with E-state index in [9.17, 15) is 4.79 Å². The standard InChI is InChI=1S/C14H31N3O/c1-4-11-17(5-2)12-10-16-14(18)7-6-13(3)8-9-15/h13H,4-12,15H2,1-3H3,(H,16,18). The van der Waals surface area contributed by atoms with E-state index in [0.717, 1.165) is 39.0 Å². The predicted molar refractivity (Wildman–Crippen MR) is 77.5 cm³/mol. The van der Waals surface area contributed by atoms with Crippen LogP contribution in [-0.4, -0.2) is 43.5 Å². The number of carbonyl (C=O) groups excluding carboxylic acids is 1. The second-order valence-electron chi connectivity index (χ2n) is 5.01. The van der Waals surface area contributed by atoms with Gasteiger partial charge in [0.25, 0.3) is 0 Å². The molecule has 0 aromatic rings. The lowest BCUT2D eigenvalue weighted by atomic mass is 10.0. The Bertz CT molecular complexity index is 209. The molecule has 0 aliphatic rings. The first-order valence-electron chi connectivity index (χ1n) is 7.33. The Morgan fingerprint density at radius 2 is 2.00 bits per heavy atom. The van der Waals surface area contributed by atoms with Crippen molar-refractivity contribution in [1.82, 2.24) is 10.2 Å². The van der Waals surface area contributed by atoms with Crippen LogP contribution in [0.25, 0.3) is 0 Å². The van der Waals surface area contributed by atoms with Gasteiger partial charge in [0.15, 0.2) is 0 Å². The van der Waals surface area contributed by atoms with Crippen molar-refractivity contribution in [2.75, 3.05) is 32.7 Å². The molecule has 0 saturated carbocycles. The molecule has 0 spiro atoms. The summed E-state index contributed by atoms with van der Waals surface area (Å²) in [4.78, 5) is 14.0. The number of nitrogens with zero attached hydrogens (tertiary/aromatic N) is 1. The number of hydrogen-bond acceptors (Lipinski definition) is 3. The average molecular weight is 257 g/mol. The van der Waals surface area contributed by atoms with Crippen LogP contribution in [0.3, 0.4) is 0 Å². The van der Waals surface area contributed by atoms with Gasteiger partial charge in [0.05, 0.1) is 0 Å². The van der Waals surface area contributed by atoms with E-state index in [0.29, 0.717) is 18.9 Å². The first-order chi connectivity index (χ1) is 8.63. The van der Waals surface area contributed by atoms with Gasteiger partial charge in [0, 0.05) is 19.5 Å². The van der Waals surface area contributed by atoms with Crippen molar-refractivity contribution in [3.63, 3.8) is 0 Å².